The number of amidine groups is 1. The summed E-state index contributed by atoms with van der Waals surface area (Å²) in [5.41, 5.74) is 5.14. The largest absolute Gasteiger partial charge is 0.409 e. The van der Waals surface area contributed by atoms with Gasteiger partial charge in [-0.1, -0.05) is 5.16 Å². The van der Waals surface area contributed by atoms with E-state index in [1.54, 1.807) is 11.4 Å². The molecule has 0 aliphatic rings. The Morgan fingerprint density at radius 1 is 1.73 bits per heavy atom. The lowest BCUT2D eigenvalue weighted by molar-refractivity contribution is 0.317. The van der Waals surface area contributed by atoms with Crippen LogP contribution in [0.4, 0.5) is 0 Å². The van der Waals surface area contributed by atoms with Gasteiger partial charge in [0.25, 0.3) is 10.0 Å². The number of halogens is 1. The highest BCUT2D eigenvalue weighted by Crippen LogP contribution is 2.26. The van der Waals surface area contributed by atoms with Gasteiger partial charge in [-0.05, 0) is 27.4 Å². The van der Waals surface area contributed by atoms with E-state index >= 15 is 0 Å². The van der Waals surface area contributed by atoms with E-state index in [-0.39, 0.29) is 16.6 Å². The molecule has 0 aliphatic heterocycles. The van der Waals surface area contributed by atoms with E-state index in [1.165, 1.54) is 0 Å². The normalized spacial score (nSPS) is 13.0. The Hall–Kier alpha value is -0.640. The minimum atomic E-state index is -3.60. The first-order valence-electron chi connectivity index (χ1n) is 3.66. The molecule has 0 radical (unpaired) electrons. The molecule has 1 aromatic heterocycles. The molecule has 1 heterocycles. The van der Waals surface area contributed by atoms with Crippen molar-refractivity contribution in [3.63, 3.8) is 0 Å². The van der Waals surface area contributed by atoms with E-state index in [9.17, 15) is 8.42 Å². The van der Waals surface area contributed by atoms with Gasteiger partial charge >= 0.3 is 0 Å². The Kier molecular flexibility index (Phi) is 4.08. The van der Waals surface area contributed by atoms with Crippen molar-refractivity contribution in [2.75, 3.05) is 6.54 Å². The van der Waals surface area contributed by atoms with Gasteiger partial charge in [0.05, 0.1) is 6.54 Å². The first kappa shape index (κ1) is 12.4. The van der Waals surface area contributed by atoms with Crippen molar-refractivity contribution in [1.29, 1.82) is 0 Å². The quantitative estimate of drug-likeness (QED) is 0.326. The summed E-state index contributed by atoms with van der Waals surface area (Å²) in [5.74, 6) is -0.203. The maximum atomic E-state index is 11.6. The Labute approximate surface area is 99.0 Å². The maximum Gasteiger partial charge on any atom is 0.251 e. The van der Waals surface area contributed by atoms with Crippen molar-refractivity contribution in [2.24, 2.45) is 10.9 Å². The Balaban J connectivity index is 2.82. The SMILES string of the molecule is N/C(CNS(=O)(=O)c1sccc1Br)=N\O. The average Bonchev–Trinajstić information content (AvgIpc) is 2.61. The molecule has 1 aromatic rings. The second kappa shape index (κ2) is 4.92. The minimum Gasteiger partial charge on any atom is -0.409 e. The third kappa shape index (κ3) is 3.16. The predicted molar refractivity (Wildman–Crippen MR) is 60.6 cm³/mol. The molecule has 0 fully saturated rings. The molecule has 0 atom stereocenters. The van der Waals surface area contributed by atoms with E-state index in [1.807, 2.05) is 0 Å². The van der Waals surface area contributed by atoms with E-state index in [2.05, 4.69) is 25.8 Å². The highest BCUT2D eigenvalue weighted by molar-refractivity contribution is 9.10. The monoisotopic (exact) mass is 313 g/mol. The van der Waals surface area contributed by atoms with Crippen LogP contribution in [0.2, 0.25) is 0 Å². The van der Waals surface area contributed by atoms with Gasteiger partial charge in [0.2, 0.25) is 0 Å². The zero-order valence-corrected chi connectivity index (χ0v) is 10.6. The van der Waals surface area contributed by atoms with E-state index in [4.69, 9.17) is 10.9 Å². The summed E-state index contributed by atoms with van der Waals surface area (Å²) in [7, 11) is -3.60. The van der Waals surface area contributed by atoms with Gasteiger partial charge in [-0.3, -0.25) is 0 Å². The number of thiophene rings is 1. The first-order valence-corrected chi connectivity index (χ1v) is 6.82. The van der Waals surface area contributed by atoms with Crippen LogP contribution < -0.4 is 10.5 Å². The van der Waals surface area contributed by atoms with Crippen LogP contribution in [-0.4, -0.2) is 26.0 Å². The van der Waals surface area contributed by atoms with Crippen LogP contribution in [-0.2, 0) is 10.0 Å². The Morgan fingerprint density at radius 3 is 2.87 bits per heavy atom. The summed E-state index contributed by atoms with van der Waals surface area (Å²) in [4.78, 5) is 0. The second-order valence-corrected chi connectivity index (χ2v) is 6.20. The van der Waals surface area contributed by atoms with Crippen LogP contribution in [0.3, 0.4) is 0 Å². The molecule has 15 heavy (non-hydrogen) atoms. The molecule has 6 nitrogen and oxygen atoms in total. The van der Waals surface area contributed by atoms with Crippen molar-refractivity contribution in [3.05, 3.63) is 15.9 Å². The summed E-state index contributed by atoms with van der Waals surface area (Å²) < 4.78 is 26.1. The van der Waals surface area contributed by atoms with Crippen LogP contribution >= 0.6 is 27.3 Å². The van der Waals surface area contributed by atoms with Crippen molar-refractivity contribution in [3.8, 4) is 0 Å². The summed E-state index contributed by atoms with van der Waals surface area (Å²) >= 11 is 4.18. The molecule has 0 amide bonds. The highest BCUT2D eigenvalue weighted by atomic mass is 79.9. The lowest BCUT2D eigenvalue weighted by Crippen LogP contribution is -2.33. The van der Waals surface area contributed by atoms with Crippen LogP contribution in [0, 0.1) is 0 Å². The van der Waals surface area contributed by atoms with Gasteiger partial charge in [0, 0.05) is 4.47 Å². The second-order valence-electron chi connectivity index (χ2n) is 2.47. The zero-order chi connectivity index (χ0) is 11.5. The Morgan fingerprint density at radius 2 is 2.40 bits per heavy atom. The summed E-state index contributed by atoms with van der Waals surface area (Å²) in [6.45, 7) is -0.233. The number of hydrogen-bond acceptors (Lipinski definition) is 5. The van der Waals surface area contributed by atoms with Crippen LogP contribution in [0.5, 0.6) is 0 Å². The average molecular weight is 314 g/mol. The van der Waals surface area contributed by atoms with Crippen molar-refractivity contribution in [1.82, 2.24) is 4.72 Å². The standard InChI is InChI=1S/C6H8BrN3O3S2/c7-4-1-2-14-6(4)15(12,13)9-3-5(8)10-11/h1-2,9,11H,3H2,(H2,8,10). The number of nitrogens with two attached hydrogens (primary N) is 1. The number of rotatable bonds is 4. The van der Waals surface area contributed by atoms with Crippen molar-refractivity contribution >= 4 is 43.1 Å². The molecule has 4 N–H and O–H groups in total. The van der Waals surface area contributed by atoms with Gasteiger partial charge < -0.3 is 10.9 Å². The van der Waals surface area contributed by atoms with Crippen LogP contribution in [0.1, 0.15) is 0 Å². The molecule has 0 unspecified atom stereocenters. The number of sulfonamides is 1. The minimum absolute atomic E-state index is 0.160. The van der Waals surface area contributed by atoms with E-state index < -0.39 is 10.0 Å². The molecule has 0 saturated carbocycles. The van der Waals surface area contributed by atoms with Gasteiger partial charge in [0.1, 0.15) is 4.21 Å². The fraction of sp³-hybridized carbons (Fsp3) is 0.167. The topological polar surface area (TPSA) is 105 Å². The van der Waals surface area contributed by atoms with Gasteiger partial charge in [-0.2, -0.15) is 0 Å². The maximum absolute atomic E-state index is 11.6. The van der Waals surface area contributed by atoms with E-state index in [0.717, 1.165) is 11.3 Å². The molecule has 1 rings (SSSR count). The molecular weight excluding hydrogens is 306 g/mol. The number of nitrogens with one attached hydrogen (secondary N) is 1. The summed E-state index contributed by atoms with van der Waals surface area (Å²) in [5, 5.41) is 12.5. The number of oxime groups is 1. The molecular formula is C6H8BrN3O3S2. The molecule has 0 bridgehead atoms. The van der Waals surface area contributed by atoms with Crippen molar-refractivity contribution in [2.45, 2.75) is 4.21 Å². The third-order valence-corrected chi connectivity index (χ3v) is 5.47. The summed E-state index contributed by atoms with van der Waals surface area (Å²) in [6, 6.07) is 1.63. The molecule has 0 saturated heterocycles. The molecule has 0 spiro atoms. The molecule has 84 valence electrons. The van der Waals surface area contributed by atoms with Gasteiger partial charge in [-0.15, -0.1) is 11.3 Å². The van der Waals surface area contributed by atoms with Crippen LogP contribution in [0.15, 0.2) is 25.3 Å². The molecule has 0 aromatic carbocycles. The van der Waals surface area contributed by atoms with Crippen LogP contribution in [0.25, 0.3) is 0 Å². The van der Waals surface area contributed by atoms with Gasteiger partial charge in [-0.25, -0.2) is 13.1 Å². The predicted octanol–water partition coefficient (Wildman–Crippen LogP) is 0.535. The Bertz CT molecular complexity index is 468. The fourth-order valence-corrected chi connectivity index (χ4v) is 4.12. The van der Waals surface area contributed by atoms with E-state index in [0.29, 0.717) is 4.47 Å². The number of hydrogen-bond donors (Lipinski definition) is 3. The van der Waals surface area contributed by atoms with Gasteiger partial charge in [0.15, 0.2) is 5.84 Å². The van der Waals surface area contributed by atoms with Crippen molar-refractivity contribution < 1.29 is 13.6 Å². The first-order chi connectivity index (χ1) is 6.97. The molecule has 0 aliphatic carbocycles. The third-order valence-electron chi connectivity index (χ3n) is 1.40. The lowest BCUT2D eigenvalue weighted by Gasteiger charge is -2.03. The fourth-order valence-electron chi connectivity index (χ4n) is 0.741. The smallest absolute Gasteiger partial charge is 0.251 e. The summed E-state index contributed by atoms with van der Waals surface area (Å²) in [6.07, 6.45) is 0. The molecule has 9 heteroatoms. The number of nitrogens with zero attached hydrogens (tertiary/aromatic N) is 1. The highest BCUT2D eigenvalue weighted by Gasteiger charge is 2.18. The lowest BCUT2D eigenvalue weighted by atomic mass is 10.6. The zero-order valence-electron chi connectivity index (χ0n) is 7.34.